The number of fused-ring (bicyclic) bond motifs is 9. The molecule has 0 atom stereocenters. The molecule has 13 aromatic rings. The van der Waals surface area contributed by atoms with E-state index in [2.05, 4.69) is 201 Å². The van der Waals surface area contributed by atoms with Crippen LogP contribution < -0.4 is 0 Å². The maximum Gasteiger partial charge on any atom is -0.000731 e. The first-order chi connectivity index (χ1) is 29.8. The topological polar surface area (TPSA) is 0 Å². The summed E-state index contributed by atoms with van der Waals surface area (Å²) in [7, 11) is 0. The molecule has 13 rings (SSSR count). The summed E-state index contributed by atoms with van der Waals surface area (Å²) in [4.78, 5) is 0. The first-order valence-corrected chi connectivity index (χ1v) is 22.4. The van der Waals surface area contributed by atoms with Crippen LogP contribution in [0.2, 0.25) is 0 Å². The van der Waals surface area contributed by atoms with Gasteiger partial charge in [-0.25, -0.2) is 0 Å². The van der Waals surface area contributed by atoms with Crippen molar-refractivity contribution in [1.82, 2.24) is 0 Å². The lowest BCUT2D eigenvalue weighted by molar-refractivity contribution is 0.590. The van der Waals surface area contributed by atoms with Gasteiger partial charge in [0.05, 0.1) is 0 Å². The van der Waals surface area contributed by atoms with Gasteiger partial charge in [-0.15, -0.1) is 0 Å². The molecule has 0 nitrogen and oxygen atoms in total. The largest absolute Gasteiger partial charge is 0.0610 e. The van der Waals surface area contributed by atoms with Gasteiger partial charge in [0.25, 0.3) is 0 Å². The van der Waals surface area contributed by atoms with E-state index in [1.54, 1.807) is 0 Å². The van der Waals surface area contributed by atoms with Crippen LogP contribution >= 0.6 is 0 Å². The molecule has 0 heterocycles. The lowest BCUT2D eigenvalue weighted by Gasteiger charge is -2.21. The van der Waals surface area contributed by atoms with Crippen LogP contribution in [0.25, 0.3) is 130 Å². The van der Waals surface area contributed by atoms with Crippen LogP contribution in [0.1, 0.15) is 63.8 Å². The Morgan fingerprint density at radius 3 is 1.05 bits per heavy atom. The van der Waals surface area contributed by atoms with Crippen molar-refractivity contribution in [3.63, 3.8) is 0 Å². The van der Waals surface area contributed by atoms with Crippen molar-refractivity contribution in [1.29, 1.82) is 0 Å². The lowest BCUT2D eigenvalue weighted by Crippen LogP contribution is -2.10. The Bertz CT molecular complexity index is 3760. The summed E-state index contributed by atoms with van der Waals surface area (Å²) >= 11 is 0. The number of hydrogen-bond acceptors (Lipinski definition) is 0. The van der Waals surface area contributed by atoms with E-state index < -0.39 is 0 Å². The molecule has 62 heavy (non-hydrogen) atoms. The highest BCUT2D eigenvalue weighted by Gasteiger charge is 2.27. The molecule has 0 aromatic heterocycles. The van der Waals surface area contributed by atoms with Gasteiger partial charge in [0, 0.05) is 0 Å². The van der Waals surface area contributed by atoms with Crippen molar-refractivity contribution >= 4 is 108 Å². The average Bonchev–Trinajstić information content (AvgIpc) is 3.74. The van der Waals surface area contributed by atoms with Gasteiger partial charge in [0.2, 0.25) is 0 Å². The minimum absolute atomic E-state index is 0.0553. The molecule has 0 saturated heterocycles. The predicted octanol–water partition coefficient (Wildman–Crippen LogP) is 18.1. The molecule has 0 spiro atoms. The molecule has 0 fully saturated rings. The SMILES string of the molecule is Cc1cc2cc(C)cc3c4c(-c5ccc(C(C)(C)C)cc5)c5cc6c(cc5c(-c5ccc(C(C)(C)C)cc5)c4c(c1)c23)c1ccc2c3cccc4cccc(c5ccc6c1c25)c43. The van der Waals surface area contributed by atoms with Crippen molar-refractivity contribution in [3.05, 3.63) is 168 Å². The Kier molecular flexibility index (Phi) is 6.95. The molecule has 13 aromatic carbocycles. The number of rotatable bonds is 2. The lowest BCUT2D eigenvalue weighted by atomic mass is 9.82. The monoisotopic (exact) mass is 792 g/mol. The molecule has 0 amide bonds. The van der Waals surface area contributed by atoms with Crippen LogP contribution in [0.15, 0.2) is 146 Å². The highest BCUT2D eigenvalue weighted by molar-refractivity contribution is 6.45. The zero-order valence-corrected chi connectivity index (χ0v) is 36.9. The number of aryl methyl sites for hydroxylation is 2. The van der Waals surface area contributed by atoms with Gasteiger partial charge in [-0.2, -0.15) is 0 Å². The van der Waals surface area contributed by atoms with Crippen LogP contribution in [0, 0.1) is 13.8 Å². The van der Waals surface area contributed by atoms with Crippen molar-refractivity contribution in [3.8, 4) is 22.3 Å². The van der Waals surface area contributed by atoms with Gasteiger partial charge in [0.15, 0.2) is 0 Å². The van der Waals surface area contributed by atoms with Crippen LogP contribution in [0.3, 0.4) is 0 Å². The Balaban J connectivity index is 1.27. The van der Waals surface area contributed by atoms with Crippen LogP contribution in [-0.4, -0.2) is 0 Å². The van der Waals surface area contributed by atoms with E-state index in [1.165, 1.54) is 152 Å². The molecule has 0 saturated carbocycles. The molecular formula is C62H48. The fourth-order valence-corrected chi connectivity index (χ4v) is 11.8. The Labute approximate surface area is 362 Å². The summed E-state index contributed by atoms with van der Waals surface area (Å²) < 4.78 is 0. The summed E-state index contributed by atoms with van der Waals surface area (Å²) in [6, 6.07) is 57.2. The quantitative estimate of drug-likeness (QED) is 0.121. The Morgan fingerprint density at radius 2 is 0.645 bits per heavy atom. The van der Waals surface area contributed by atoms with Gasteiger partial charge in [0.1, 0.15) is 0 Å². The molecule has 0 aliphatic heterocycles. The summed E-state index contributed by atoms with van der Waals surface area (Å²) in [6.45, 7) is 18.4. The van der Waals surface area contributed by atoms with Crippen molar-refractivity contribution in [2.75, 3.05) is 0 Å². The van der Waals surface area contributed by atoms with Crippen LogP contribution in [-0.2, 0) is 10.8 Å². The minimum atomic E-state index is 0.0553. The van der Waals surface area contributed by atoms with Gasteiger partial charge in [-0.1, -0.05) is 175 Å². The Morgan fingerprint density at radius 1 is 0.274 bits per heavy atom. The van der Waals surface area contributed by atoms with Gasteiger partial charge in [-0.05, 0) is 189 Å². The Hall–Kier alpha value is -6.76. The molecule has 0 radical (unpaired) electrons. The van der Waals surface area contributed by atoms with Crippen molar-refractivity contribution in [2.45, 2.75) is 66.2 Å². The van der Waals surface area contributed by atoms with E-state index >= 15 is 0 Å². The number of benzene rings is 11. The second-order valence-electron chi connectivity index (χ2n) is 20.6. The molecule has 0 bridgehead atoms. The predicted molar refractivity (Wildman–Crippen MR) is 273 cm³/mol. The zero-order chi connectivity index (χ0) is 42.1. The molecule has 0 aliphatic rings. The maximum atomic E-state index is 2.58. The summed E-state index contributed by atoms with van der Waals surface area (Å²) in [5.41, 5.74) is 10.6. The third-order valence-corrected chi connectivity index (χ3v) is 14.6. The first-order valence-electron chi connectivity index (χ1n) is 22.4. The van der Waals surface area contributed by atoms with E-state index in [0.717, 1.165) is 0 Å². The third-order valence-electron chi connectivity index (χ3n) is 14.6. The molecule has 0 aliphatic carbocycles. The van der Waals surface area contributed by atoms with E-state index in [4.69, 9.17) is 0 Å². The van der Waals surface area contributed by atoms with Crippen LogP contribution in [0.5, 0.6) is 0 Å². The van der Waals surface area contributed by atoms with E-state index in [-0.39, 0.29) is 10.8 Å². The second kappa shape index (κ2) is 12.0. The molecule has 0 unspecified atom stereocenters. The molecule has 0 N–H and O–H groups in total. The first kappa shape index (κ1) is 35.9. The highest BCUT2D eigenvalue weighted by Crippen LogP contribution is 2.55. The fourth-order valence-electron chi connectivity index (χ4n) is 11.8. The fraction of sp³-hybridized carbons (Fsp3) is 0.161. The van der Waals surface area contributed by atoms with E-state index in [9.17, 15) is 0 Å². The summed E-state index contributed by atoms with van der Waals surface area (Å²) in [5.74, 6) is 0. The molecular weight excluding hydrogens is 745 g/mol. The van der Waals surface area contributed by atoms with Crippen LogP contribution in [0.4, 0.5) is 0 Å². The van der Waals surface area contributed by atoms with Gasteiger partial charge in [-0.3, -0.25) is 0 Å². The third kappa shape index (κ3) is 4.73. The summed E-state index contributed by atoms with van der Waals surface area (Å²) in [6.07, 6.45) is 0. The normalized spacial score (nSPS) is 13.2. The summed E-state index contributed by atoms with van der Waals surface area (Å²) in [5, 5.41) is 26.9. The number of hydrogen-bond donors (Lipinski definition) is 0. The molecule has 0 heteroatoms. The average molecular weight is 793 g/mol. The zero-order valence-electron chi connectivity index (χ0n) is 36.9. The van der Waals surface area contributed by atoms with E-state index in [0.29, 0.717) is 0 Å². The van der Waals surface area contributed by atoms with Crippen molar-refractivity contribution < 1.29 is 0 Å². The van der Waals surface area contributed by atoms with Gasteiger partial charge < -0.3 is 0 Å². The van der Waals surface area contributed by atoms with Gasteiger partial charge >= 0.3 is 0 Å². The van der Waals surface area contributed by atoms with E-state index in [1.807, 2.05) is 0 Å². The smallest absolute Gasteiger partial charge is 0.000731 e. The minimum Gasteiger partial charge on any atom is -0.0610 e. The maximum absolute atomic E-state index is 2.58. The molecule has 296 valence electrons. The standard InChI is InChI=1S/C62H48/c1-33-27-38-28-34(2)30-52-54(38)51(29-33)59-55(36-15-19-39(20-16-36)61(3,4)5)49-31-47-45-25-23-43-41-13-9-11-35-12-10-14-42(53(35)41)44-24-26-46(58(45)57(43)44)48(47)32-50(49)56(60(52)59)37-17-21-40(22-18-37)62(6,7)8/h9-32H,1-8H3. The second-order valence-corrected chi connectivity index (χ2v) is 20.6. The highest BCUT2D eigenvalue weighted by atomic mass is 14.3. The van der Waals surface area contributed by atoms with Crippen molar-refractivity contribution in [2.24, 2.45) is 0 Å².